The van der Waals surface area contributed by atoms with E-state index < -0.39 is 0 Å². The first kappa shape index (κ1) is 27.9. The van der Waals surface area contributed by atoms with Gasteiger partial charge in [-0.05, 0) is 111 Å². The lowest BCUT2D eigenvalue weighted by Gasteiger charge is -2.48. The maximum atomic E-state index is 12.5. The number of esters is 1. The number of anilines is 1. The highest BCUT2D eigenvalue weighted by atomic mass is 35.5. The van der Waals surface area contributed by atoms with E-state index in [1.165, 1.54) is 18.2 Å². The van der Waals surface area contributed by atoms with E-state index >= 15 is 0 Å². The third kappa shape index (κ3) is 5.23. The zero-order valence-corrected chi connectivity index (χ0v) is 24.5. The minimum atomic E-state index is -0.337. The molecule has 1 aliphatic heterocycles. The van der Waals surface area contributed by atoms with Crippen molar-refractivity contribution < 1.29 is 24.1 Å². The summed E-state index contributed by atoms with van der Waals surface area (Å²) in [5, 5.41) is 11.2. The van der Waals surface area contributed by atoms with Gasteiger partial charge in [0.2, 0.25) is 0 Å². The van der Waals surface area contributed by atoms with E-state index in [0.29, 0.717) is 29.9 Å². The molecule has 0 aromatic heterocycles. The summed E-state index contributed by atoms with van der Waals surface area (Å²) >= 11 is 6.41. The summed E-state index contributed by atoms with van der Waals surface area (Å²) in [6, 6.07) is 12.0. The molecule has 216 valence electrons. The van der Waals surface area contributed by atoms with Crippen LogP contribution in [0.5, 0.6) is 5.75 Å². The molecule has 0 radical (unpaired) electrons. The fourth-order valence-corrected chi connectivity index (χ4v) is 8.31. The molecule has 1 spiro atoms. The number of carbonyl (C=O) groups is 1. The molecule has 2 aromatic carbocycles. The highest BCUT2D eigenvalue weighted by molar-refractivity contribution is 6.30. The standard InChI is InChI=1S/C33H42ClNO5/c1-38-31(22-5-3-7-26(36)16-22)27-11-8-24(27)18-35-19-33(14-4-6-21-15-25(34)10-12-28(21)33)20-40-30-13-9-23(17-29(30)35)32(37)39-2/h9-10,12-13,15,17,22,24,26-27,31,36H,3-8,11,14,16,18-20H2,1-2H3/t22-,24-,26-,27+,31-,33?/m0/s1. The van der Waals surface area contributed by atoms with Gasteiger partial charge in [-0.1, -0.05) is 24.1 Å². The minimum Gasteiger partial charge on any atom is -0.490 e. The Morgan fingerprint density at radius 3 is 2.77 bits per heavy atom. The largest absolute Gasteiger partial charge is 0.490 e. The Hall–Kier alpha value is -2.28. The number of ether oxygens (including phenoxy) is 3. The number of rotatable bonds is 6. The smallest absolute Gasteiger partial charge is 0.337 e. The minimum absolute atomic E-state index is 0.157. The molecule has 40 heavy (non-hydrogen) atoms. The van der Waals surface area contributed by atoms with Crippen LogP contribution in [0.2, 0.25) is 5.02 Å². The number of carbonyl (C=O) groups excluding carboxylic acids is 1. The molecule has 0 bridgehead atoms. The third-order valence-electron chi connectivity index (χ3n) is 10.2. The van der Waals surface area contributed by atoms with Crippen LogP contribution in [0.4, 0.5) is 5.69 Å². The van der Waals surface area contributed by atoms with Crippen LogP contribution < -0.4 is 9.64 Å². The first-order valence-electron chi connectivity index (χ1n) is 15.0. The third-order valence-corrected chi connectivity index (χ3v) is 10.5. The van der Waals surface area contributed by atoms with Crippen LogP contribution in [-0.2, 0) is 21.3 Å². The number of aliphatic hydroxyl groups is 1. The summed E-state index contributed by atoms with van der Waals surface area (Å²) < 4.78 is 17.8. The van der Waals surface area contributed by atoms with E-state index in [4.69, 9.17) is 25.8 Å². The van der Waals surface area contributed by atoms with Gasteiger partial charge in [0.1, 0.15) is 5.75 Å². The van der Waals surface area contributed by atoms with Gasteiger partial charge in [0, 0.05) is 30.6 Å². The maximum Gasteiger partial charge on any atom is 0.337 e. The fraction of sp³-hybridized carbons (Fsp3) is 0.606. The van der Waals surface area contributed by atoms with Gasteiger partial charge >= 0.3 is 5.97 Å². The second kappa shape index (κ2) is 11.5. The highest BCUT2D eigenvalue weighted by Crippen LogP contribution is 2.48. The Morgan fingerprint density at radius 1 is 1.15 bits per heavy atom. The summed E-state index contributed by atoms with van der Waals surface area (Å²) in [5.41, 5.74) is 4.01. The number of halogens is 1. The molecular formula is C33H42ClNO5. The Kier molecular flexibility index (Phi) is 8.04. The summed E-state index contributed by atoms with van der Waals surface area (Å²) in [4.78, 5) is 15.0. The molecule has 6 atom stereocenters. The lowest BCUT2D eigenvalue weighted by Crippen LogP contribution is -2.51. The molecule has 1 N–H and O–H groups in total. The molecule has 0 amide bonds. The Bertz CT molecular complexity index is 1240. The number of hydrogen-bond donors (Lipinski definition) is 1. The van der Waals surface area contributed by atoms with Gasteiger partial charge in [-0.15, -0.1) is 0 Å². The summed E-state index contributed by atoms with van der Waals surface area (Å²) in [5.74, 6) is 1.83. The first-order valence-corrected chi connectivity index (χ1v) is 15.4. The predicted molar refractivity (Wildman–Crippen MR) is 157 cm³/mol. The van der Waals surface area contributed by atoms with Gasteiger partial charge in [-0.2, -0.15) is 0 Å². The Labute approximate surface area is 242 Å². The SMILES string of the molecule is COC(=O)c1ccc2c(c1)N(C[C@@H]1CC[C@H]1[C@@H](OC)[C@H]1CCC[C@H](O)C1)CC1(CCCc3cc(Cl)ccc31)CO2. The average molecular weight is 568 g/mol. The molecular weight excluding hydrogens is 526 g/mol. The molecule has 6 nitrogen and oxygen atoms in total. The van der Waals surface area contributed by atoms with Crippen molar-refractivity contribution >= 4 is 23.3 Å². The zero-order chi connectivity index (χ0) is 27.9. The van der Waals surface area contributed by atoms with Crippen molar-refractivity contribution in [1.29, 1.82) is 0 Å². The Morgan fingerprint density at radius 2 is 2.02 bits per heavy atom. The molecule has 2 aromatic rings. The number of aliphatic hydroxyl groups excluding tert-OH is 1. The van der Waals surface area contributed by atoms with Gasteiger partial charge in [-0.25, -0.2) is 4.79 Å². The maximum absolute atomic E-state index is 12.5. The average Bonchev–Trinajstić information content (AvgIpc) is 3.10. The van der Waals surface area contributed by atoms with E-state index in [2.05, 4.69) is 17.0 Å². The lowest BCUT2D eigenvalue weighted by molar-refractivity contribution is -0.0721. The number of aryl methyl sites for hydroxylation is 1. The molecule has 1 heterocycles. The fourth-order valence-electron chi connectivity index (χ4n) is 8.11. The van der Waals surface area contributed by atoms with Crippen molar-refractivity contribution in [3.8, 4) is 5.75 Å². The lowest BCUT2D eigenvalue weighted by atomic mass is 9.65. The van der Waals surface area contributed by atoms with Crippen molar-refractivity contribution in [2.24, 2.45) is 17.8 Å². The normalized spacial score (nSPS) is 30.4. The van der Waals surface area contributed by atoms with Crippen LogP contribution in [-0.4, -0.2) is 57.2 Å². The summed E-state index contributed by atoms with van der Waals surface area (Å²) in [7, 11) is 3.27. The molecule has 2 saturated carbocycles. The molecule has 6 rings (SSSR count). The molecule has 0 saturated heterocycles. The second-order valence-corrected chi connectivity index (χ2v) is 13.0. The van der Waals surface area contributed by atoms with Gasteiger partial charge < -0.3 is 24.2 Å². The Balaban J connectivity index is 1.33. The van der Waals surface area contributed by atoms with E-state index in [-0.39, 0.29) is 23.6 Å². The van der Waals surface area contributed by atoms with Crippen molar-refractivity contribution in [3.63, 3.8) is 0 Å². The quantitative estimate of drug-likeness (QED) is 0.420. The van der Waals surface area contributed by atoms with Crippen LogP contribution in [0.1, 0.15) is 72.9 Å². The molecule has 2 fully saturated rings. The van der Waals surface area contributed by atoms with E-state index in [1.54, 1.807) is 6.07 Å². The number of methoxy groups -OCH3 is 2. The van der Waals surface area contributed by atoms with Crippen LogP contribution in [0, 0.1) is 17.8 Å². The molecule has 7 heteroatoms. The topological polar surface area (TPSA) is 68.2 Å². The van der Waals surface area contributed by atoms with Crippen LogP contribution in [0.25, 0.3) is 0 Å². The second-order valence-electron chi connectivity index (χ2n) is 12.6. The van der Waals surface area contributed by atoms with E-state index in [0.717, 1.165) is 87.3 Å². The summed E-state index contributed by atoms with van der Waals surface area (Å²) in [6.45, 7) is 2.30. The van der Waals surface area contributed by atoms with Crippen molar-refractivity contribution in [2.45, 2.75) is 75.4 Å². The zero-order valence-electron chi connectivity index (χ0n) is 23.7. The predicted octanol–water partition coefficient (Wildman–Crippen LogP) is 6.19. The van der Waals surface area contributed by atoms with Gasteiger partial charge in [-0.3, -0.25) is 0 Å². The van der Waals surface area contributed by atoms with Crippen LogP contribution in [0.3, 0.4) is 0 Å². The van der Waals surface area contributed by atoms with Crippen LogP contribution in [0.15, 0.2) is 36.4 Å². The number of benzene rings is 2. The van der Waals surface area contributed by atoms with Crippen molar-refractivity contribution in [1.82, 2.24) is 0 Å². The van der Waals surface area contributed by atoms with Gasteiger partial charge in [0.25, 0.3) is 0 Å². The highest BCUT2D eigenvalue weighted by Gasteiger charge is 2.46. The number of fused-ring (bicyclic) bond motifs is 3. The number of hydrogen-bond acceptors (Lipinski definition) is 6. The van der Waals surface area contributed by atoms with Gasteiger partial charge in [0.05, 0.1) is 37.2 Å². The monoisotopic (exact) mass is 567 g/mol. The molecule has 1 unspecified atom stereocenters. The van der Waals surface area contributed by atoms with E-state index in [1.807, 2.05) is 25.3 Å². The molecule has 4 aliphatic rings. The number of nitrogens with zero attached hydrogens (tertiary/aromatic N) is 1. The summed E-state index contributed by atoms with van der Waals surface area (Å²) in [6.07, 6.45) is 9.39. The van der Waals surface area contributed by atoms with Gasteiger partial charge in [0.15, 0.2) is 0 Å². The molecule has 3 aliphatic carbocycles. The van der Waals surface area contributed by atoms with Crippen LogP contribution >= 0.6 is 11.6 Å². The van der Waals surface area contributed by atoms with Crippen molar-refractivity contribution in [2.75, 3.05) is 38.8 Å². The first-order chi connectivity index (χ1) is 19.4. The van der Waals surface area contributed by atoms with Crippen molar-refractivity contribution in [3.05, 3.63) is 58.1 Å². The van der Waals surface area contributed by atoms with E-state index in [9.17, 15) is 9.90 Å².